The molecule has 118 valence electrons. The minimum atomic E-state index is -4.03. The third-order valence-corrected chi connectivity index (χ3v) is 4.78. The highest BCUT2D eigenvalue weighted by Gasteiger charge is 2.41. The van der Waals surface area contributed by atoms with Crippen molar-refractivity contribution in [2.45, 2.75) is 57.3 Å². The summed E-state index contributed by atoms with van der Waals surface area (Å²) in [6.45, 7) is 2.10. The molecule has 1 atom stereocenters. The molecule has 1 saturated carbocycles. The van der Waals surface area contributed by atoms with Crippen molar-refractivity contribution in [3.8, 4) is 0 Å². The lowest BCUT2D eigenvalue weighted by Crippen LogP contribution is -2.38. The molecule has 5 heteroatoms. The van der Waals surface area contributed by atoms with E-state index in [4.69, 9.17) is 0 Å². The number of alkyl halides is 3. The third-order valence-electron chi connectivity index (χ3n) is 4.29. The molecule has 1 fully saturated rings. The van der Waals surface area contributed by atoms with E-state index in [1.165, 1.54) is 5.56 Å². The van der Waals surface area contributed by atoms with Crippen LogP contribution < -0.4 is 5.32 Å². The van der Waals surface area contributed by atoms with Gasteiger partial charge >= 0.3 is 6.18 Å². The van der Waals surface area contributed by atoms with Crippen LogP contribution in [-0.2, 0) is 0 Å². The van der Waals surface area contributed by atoms with E-state index < -0.39 is 12.1 Å². The summed E-state index contributed by atoms with van der Waals surface area (Å²) in [5, 5.41) is 3.53. The molecule has 0 spiro atoms. The third kappa shape index (κ3) is 4.71. The molecular formula is C16H21BrF3N. The highest BCUT2D eigenvalue weighted by atomic mass is 79.9. The molecule has 0 aromatic heterocycles. The van der Waals surface area contributed by atoms with Gasteiger partial charge in [0.1, 0.15) is 0 Å². The largest absolute Gasteiger partial charge is 0.391 e. The standard InChI is InChI=1S/C16H21BrF3N/c1-2-15(11-4-3-5-13(17)10-11)21-14-8-6-12(7-9-14)16(18,19)20/h3-5,10,12,14-15,21H,2,6-9H2,1H3. The Hall–Kier alpha value is -0.550. The predicted molar refractivity (Wildman–Crippen MR) is 82.1 cm³/mol. The van der Waals surface area contributed by atoms with E-state index in [0.29, 0.717) is 12.8 Å². The van der Waals surface area contributed by atoms with Gasteiger partial charge in [0.2, 0.25) is 0 Å². The Kier molecular flexibility index (Phi) is 5.72. The molecule has 1 aliphatic rings. The zero-order valence-electron chi connectivity index (χ0n) is 12.1. The Bertz CT molecular complexity index is 453. The quantitative estimate of drug-likeness (QED) is 0.732. The molecular weight excluding hydrogens is 343 g/mol. The van der Waals surface area contributed by atoms with Gasteiger partial charge in [0.05, 0.1) is 5.92 Å². The molecule has 1 nitrogen and oxygen atoms in total. The van der Waals surface area contributed by atoms with Crippen LogP contribution in [0.1, 0.15) is 50.6 Å². The Morgan fingerprint density at radius 1 is 1.24 bits per heavy atom. The fourth-order valence-electron chi connectivity index (χ4n) is 3.05. The van der Waals surface area contributed by atoms with Crippen LogP contribution in [0, 0.1) is 5.92 Å². The Morgan fingerprint density at radius 2 is 1.90 bits per heavy atom. The van der Waals surface area contributed by atoms with Crippen LogP contribution in [0.4, 0.5) is 13.2 Å². The molecule has 1 unspecified atom stereocenters. The predicted octanol–water partition coefficient (Wildman–Crippen LogP) is 5.61. The summed E-state index contributed by atoms with van der Waals surface area (Å²) in [6.07, 6.45) is -1.40. The highest BCUT2D eigenvalue weighted by molar-refractivity contribution is 9.10. The molecule has 0 amide bonds. The summed E-state index contributed by atoms with van der Waals surface area (Å²) in [7, 11) is 0. The maximum absolute atomic E-state index is 12.7. The second-order valence-corrected chi connectivity index (χ2v) is 6.69. The summed E-state index contributed by atoms with van der Waals surface area (Å²) < 4.78 is 39.1. The molecule has 0 saturated heterocycles. The monoisotopic (exact) mass is 363 g/mol. The molecule has 0 bridgehead atoms. The van der Waals surface area contributed by atoms with Gasteiger partial charge in [-0.15, -0.1) is 0 Å². The van der Waals surface area contributed by atoms with Crippen molar-refractivity contribution >= 4 is 15.9 Å². The lowest BCUT2D eigenvalue weighted by molar-refractivity contribution is -0.182. The minimum Gasteiger partial charge on any atom is -0.307 e. The van der Waals surface area contributed by atoms with Crippen LogP contribution >= 0.6 is 15.9 Å². The first-order valence-electron chi connectivity index (χ1n) is 7.48. The van der Waals surface area contributed by atoms with Crippen molar-refractivity contribution in [3.05, 3.63) is 34.3 Å². The molecule has 1 aromatic carbocycles. The van der Waals surface area contributed by atoms with E-state index in [2.05, 4.69) is 40.3 Å². The van der Waals surface area contributed by atoms with Crippen LogP contribution in [0.25, 0.3) is 0 Å². The van der Waals surface area contributed by atoms with Crippen molar-refractivity contribution in [1.82, 2.24) is 5.32 Å². The van der Waals surface area contributed by atoms with Crippen LogP contribution in [0.5, 0.6) is 0 Å². The van der Waals surface area contributed by atoms with Crippen molar-refractivity contribution in [2.75, 3.05) is 0 Å². The molecule has 1 aromatic rings. The van der Waals surface area contributed by atoms with Crippen LogP contribution in [0.15, 0.2) is 28.7 Å². The maximum Gasteiger partial charge on any atom is 0.391 e. The van der Waals surface area contributed by atoms with Gasteiger partial charge in [-0.1, -0.05) is 35.0 Å². The van der Waals surface area contributed by atoms with E-state index >= 15 is 0 Å². The van der Waals surface area contributed by atoms with Gasteiger partial charge in [-0.3, -0.25) is 0 Å². The van der Waals surface area contributed by atoms with E-state index in [-0.39, 0.29) is 24.9 Å². The van der Waals surface area contributed by atoms with Gasteiger partial charge in [-0.2, -0.15) is 13.2 Å². The number of nitrogens with one attached hydrogen (secondary N) is 1. The Morgan fingerprint density at radius 3 is 2.43 bits per heavy atom. The van der Waals surface area contributed by atoms with Crippen molar-refractivity contribution in [3.63, 3.8) is 0 Å². The fourth-order valence-corrected chi connectivity index (χ4v) is 3.46. The molecule has 0 aliphatic heterocycles. The van der Waals surface area contributed by atoms with Gasteiger partial charge < -0.3 is 5.32 Å². The number of halogens is 4. The molecule has 0 heterocycles. The van der Waals surface area contributed by atoms with E-state index in [1.807, 2.05) is 12.1 Å². The summed E-state index contributed by atoms with van der Waals surface area (Å²) in [5.74, 6) is -1.11. The smallest absolute Gasteiger partial charge is 0.307 e. The average molecular weight is 364 g/mol. The summed E-state index contributed by atoms with van der Waals surface area (Å²) in [5.41, 5.74) is 1.19. The van der Waals surface area contributed by atoms with Crippen LogP contribution in [0.2, 0.25) is 0 Å². The highest BCUT2D eigenvalue weighted by Crippen LogP contribution is 2.38. The number of rotatable bonds is 4. The Balaban J connectivity index is 1.92. The van der Waals surface area contributed by atoms with Crippen molar-refractivity contribution < 1.29 is 13.2 Å². The van der Waals surface area contributed by atoms with E-state index in [1.54, 1.807) is 0 Å². The molecule has 21 heavy (non-hydrogen) atoms. The minimum absolute atomic E-state index is 0.188. The first kappa shape index (κ1) is 16.8. The number of hydrogen-bond donors (Lipinski definition) is 1. The first-order chi connectivity index (χ1) is 9.90. The van der Waals surface area contributed by atoms with Gasteiger partial charge in [0.15, 0.2) is 0 Å². The topological polar surface area (TPSA) is 12.0 Å². The molecule has 0 radical (unpaired) electrons. The Labute approximate surface area is 132 Å². The SMILES string of the molecule is CCC(NC1CCC(C(F)(F)F)CC1)c1cccc(Br)c1. The zero-order valence-corrected chi connectivity index (χ0v) is 13.7. The lowest BCUT2D eigenvalue weighted by Gasteiger charge is -2.33. The average Bonchev–Trinajstić information content (AvgIpc) is 2.44. The van der Waals surface area contributed by atoms with E-state index in [9.17, 15) is 13.2 Å². The van der Waals surface area contributed by atoms with Crippen LogP contribution in [0.3, 0.4) is 0 Å². The van der Waals surface area contributed by atoms with E-state index in [0.717, 1.165) is 10.9 Å². The summed E-state index contributed by atoms with van der Waals surface area (Å²) >= 11 is 3.46. The van der Waals surface area contributed by atoms with Gasteiger partial charge in [-0.25, -0.2) is 0 Å². The second-order valence-electron chi connectivity index (χ2n) is 5.77. The number of benzene rings is 1. The van der Waals surface area contributed by atoms with Gasteiger partial charge in [-0.05, 0) is 49.8 Å². The van der Waals surface area contributed by atoms with Gasteiger partial charge in [0, 0.05) is 16.6 Å². The first-order valence-corrected chi connectivity index (χ1v) is 8.27. The summed E-state index contributed by atoms with van der Waals surface area (Å²) in [4.78, 5) is 0. The normalized spacial score (nSPS) is 24.8. The maximum atomic E-state index is 12.7. The fraction of sp³-hybridized carbons (Fsp3) is 0.625. The molecule has 1 aliphatic carbocycles. The van der Waals surface area contributed by atoms with Crippen molar-refractivity contribution in [1.29, 1.82) is 0 Å². The van der Waals surface area contributed by atoms with Crippen molar-refractivity contribution in [2.24, 2.45) is 5.92 Å². The molecule has 1 N–H and O–H groups in total. The molecule has 2 rings (SSSR count). The number of hydrogen-bond acceptors (Lipinski definition) is 1. The van der Waals surface area contributed by atoms with Gasteiger partial charge in [0.25, 0.3) is 0 Å². The second kappa shape index (κ2) is 7.14. The van der Waals surface area contributed by atoms with Crippen LogP contribution in [-0.4, -0.2) is 12.2 Å². The lowest BCUT2D eigenvalue weighted by atomic mass is 9.85. The zero-order chi connectivity index (χ0) is 15.5. The summed E-state index contributed by atoms with van der Waals surface area (Å²) in [6, 6.07) is 8.49.